The average molecular weight is 264 g/mol. The summed E-state index contributed by atoms with van der Waals surface area (Å²) in [5.41, 5.74) is 0.871. The van der Waals surface area contributed by atoms with Crippen molar-refractivity contribution in [1.82, 2.24) is 4.90 Å². The molecule has 1 saturated heterocycles. The van der Waals surface area contributed by atoms with Gasteiger partial charge in [0.1, 0.15) is 0 Å². The maximum atomic E-state index is 12.3. The largest absolute Gasteiger partial charge is 0.389 e. The van der Waals surface area contributed by atoms with Crippen molar-refractivity contribution in [3.05, 3.63) is 30.3 Å². The molecule has 1 fully saturated rings. The van der Waals surface area contributed by atoms with E-state index in [0.29, 0.717) is 19.6 Å². The molecule has 0 saturated carbocycles. The molecule has 1 amide bonds. The van der Waals surface area contributed by atoms with Crippen molar-refractivity contribution in [2.24, 2.45) is 0 Å². The Kier molecular flexibility index (Phi) is 4.52. The third kappa shape index (κ3) is 3.32. The van der Waals surface area contributed by atoms with E-state index >= 15 is 0 Å². The number of likely N-dealkylation sites (tertiary alicyclic amines) is 1. The van der Waals surface area contributed by atoms with E-state index in [-0.39, 0.29) is 12.5 Å². The number of nitrogens with zero attached hydrogens (tertiary/aromatic N) is 2. The van der Waals surface area contributed by atoms with Crippen LogP contribution in [0.1, 0.15) is 6.92 Å². The third-order valence-corrected chi connectivity index (χ3v) is 3.38. The van der Waals surface area contributed by atoms with E-state index in [2.05, 4.69) is 0 Å². The van der Waals surface area contributed by atoms with Crippen LogP contribution in [-0.4, -0.2) is 59.4 Å². The summed E-state index contributed by atoms with van der Waals surface area (Å²) in [4.78, 5) is 15.8. The van der Waals surface area contributed by atoms with Crippen molar-refractivity contribution in [1.29, 1.82) is 0 Å². The van der Waals surface area contributed by atoms with E-state index in [9.17, 15) is 15.0 Å². The van der Waals surface area contributed by atoms with Crippen LogP contribution in [-0.2, 0) is 4.79 Å². The number of aliphatic hydroxyl groups excluding tert-OH is 2. The molecule has 0 aromatic heterocycles. The molecule has 19 heavy (non-hydrogen) atoms. The third-order valence-electron chi connectivity index (χ3n) is 3.38. The van der Waals surface area contributed by atoms with E-state index in [1.54, 1.807) is 9.80 Å². The minimum absolute atomic E-state index is 0.0185. The van der Waals surface area contributed by atoms with Crippen molar-refractivity contribution in [2.75, 3.05) is 31.1 Å². The lowest BCUT2D eigenvalue weighted by atomic mass is 10.3. The normalized spacial score (nSPS) is 23.5. The number of rotatable bonds is 4. The van der Waals surface area contributed by atoms with Gasteiger partial charge in [0.25, 0.3) is 0 Å². The monoisotopic (exact) mass is 264 g/mol. The molecular weight excluding hydrogens is 244 g/mol. The van der Waals surface area contributed by atoms with Crippen LogP contribution in [0.25, 0.3) is 0 Å². The van der Waals surface area contributed by atoms with Crippen LogP contribution < -0.4 is 4.90 Å². The Bertz CT molecular complexity index is 414. The molecule has 1 aliphatic rings. The van der Waals surface area contributed by atoms with Crippen LogP contribution in [0.5, 0.6) is 0 Å². The number of carbonyl (C=O) groups is 1. The summed E-state index contributed by atoms with van der Waals surface area (Å²) in [5, 5.41) is 19.0. The van der Waals surface area contributed by atoms with Crippen LogP contribution in [0.3, 0.4) is 0 Å². The van der Waals surface area contributed by atoms with Crippen LogP contribution in [0, 0.1) is 0 Å². The first-order valence-corrected chi connectivity index (χ1v) is 6.55. The van der Waals surface area contributed by atoms with Gasteiger partial charge >= 0.3 is 0 Å². The lowest BCUT2D eigenvalue weighted by Gasteiger charge is -2.24. The molecule has 1 aliphatic heterocycles. The van der Waals surface area contributed by atoms with Crippen LogP contribution in [0.15, 0.2) is 30.3 Å². The fraction of sp³-hybridized carbons (Fsp3) is 0.500. The van der Waals surface area contributed by atoms with Gasteiger partial charge in [-0.25, -0.2) is 0 Å². The summed E-state index contributed by atoms with van der Waals surface area (Å²) in [6, 6.07) is 9.50. The highest BCUT2D eigenvalue weighted by Crippen LogP contribution is 2.15. The number of amides is 1. The number of carbonyl (C=O) groups excluding carboxylic acids is 1. The van der Waals surface area contributed by atoms with E-state index < -0.39 is 12.2 Å². The Morgan fingerprint density at radius 2 is 1.84 bits per heavy atom. The van der Waals surface area contributed by atoms with Gasteiger partial charge in [-0.3, -0.25) is 9.69 Å². The highest BCUT2D eigenvalue weighted by atomic mass is 16.3. The van der Waals surface area contributed by atoms with Gasteiger partial charge in [0.2, 0.25) is 5.91 Å². The molecule has 1 heterocycles. The van der Waals surface area contributed by atoms with Crippen molar-refractivity contribution in [3.63, 3.8) is 0 Å². The number of anilines is 1. The summed E-state index contributed by atoms with van der Waals surface area (Å²) >= 11 is 0. The van der Waals surface area contributed by atoms with Crippen molar-refractivity contribution in [3.8, 4) is 0 Å². The van der Waals surface area contributed by atoms with Gasteiger partial charge in [0, 0.05) is 25.3 Å². The van der Waals surface area contributed by atoms with Crippen molar-refractivity contribution in [2.45, 2.75) is 19.1 Å². The Labute approximate surface area is 113 Å². The average Bonchev–Trinajstić information content (AvgIpc) is 2.70. The van der Waals surface area contributed by atoms with Gasteiger partial charge in [-0.1, -0.05) is 18.2 Å². The van der Waals surface area contributed by atoms with Gasteiger partial charge in [0.15, 0.2) is 0 Å². The summed E-state index contributed by atoms with van der Waals surface area (Å²) in [5.74, 6) is -0.0185. The number of para-hydroxylation sites is 1. The smallest absolute Gasteiger partial charge is 0.241 e. The zero-order valence-electron chi connectivity index (χ0n) is 11.1. The van der Waals surface area contributed by atoms with E-state index in [1.165, 1.54) is 0 Å². The zero-order valence-corrected chi connectivity index (χ0v) is 11.1. The molecule has 2 atom stereocenters. The van der Waals surface area contributed by atoms with Crippen LogP contribution in [0.2, 0.25) is 0 Å². The van der Waals surface area contributed by atoms with Crippen molar-refractivity contribution >= 4 is 11.6 Å². The second-order valence-electron chi connectivity index (χ2n) is 4.80. The first-order chi connectivity index (χ1) is 9.11. The molecule has 5 heteroatoms. The Morgan fingerprint density at radius 1 is 1.26 bits per heavy atom. The first kappa shape index (κ1) is 14.0. The van der Waals surface area contributed by atoms with Gasteiger partial charge in [-0.15, -0.1) is 0 Å². The molecule has 1 aromatic carbocycles. The standard InChI is InChI=1S/C14H20N2O3/c1-2-16(11-6-4-3-5-7-11)14(19)10-15-8-12(17)13(18)9-15/h3-7,12-13,17-18H,2,8-10H2,1H3. The predicted molar refractivity (Wildman–Crippen MR) is 72.9 cm³/mol. The molecule has 0 radical (unpaired) electrons. The number of benzene rings is 1. The maximum absolute atomic E-state index is 12.3. The molecule has 1 aromatic rings. The van der Waals surface area contributed by atoms with Gasteiger partial charge in [-0.05, 0) is 19.1 Å². The minimum Gasteiger partial charge on any atom is -0.389 e. The minimum atomic E-state index is -0.750. The molecule has 0 spiro atoms. The highest BCUT2D eigenvalue weighted by Gasteiger charge is 2.31. The summed E-state index contributed by atoms with van der Waals surface area (Å²) in [6.45, 7) is 3.44. The number of hydrogen-bond acceptors (Lipinski definition) is 4. The summed E-state index contributed by atoms with van der Waals surface area (Å²) < 4.78 is 0. The SMILES string of the molecule is CCN(C(=O)CN1CC(O)C(O)C1)c1ccccc1. The number of hydrogen-bond donors (Lipinski definition) is 2. The van der Waals surface area contributed by atoms with E-state index in [4.69, 9.17) is 0 Å². The molecule has 0 bridgehead atoms. The fourth-order valence-corrected chi connectivity index (χ4v) is 2.36. The molecule has 2 unspecified atom stereocenters. The molecule has 0 aliphatic carbocycles. The van der Waals surface area contributed by atoms with E-state index in [1.807, 2.05) is 37.3 Å². The number of likely N-dealkylation sites (N-methyl/N-ethyl adjacent to an activating group) is 1. The lowest BCUT2D eigenvalue weighted by Crippen LogP contribution is -2.40. The van der Waals surface area contributed by atoms with Crippen LogP contribution in [0.4, 0.5) is 5.69 Å². The topological polar surface area (TPSA) is 64.0 Å². The number of β-amino-alcohol motifs (C(OH)–C–C–N with tert-alkyl or cyclic N) is 2. The maximum Gasteiger partial charge on any atom is 0.241 e. The number of aliphatic hydroxyl groups is 2. The van der Waals surface area contributed by atoms with Gasteiger partial charge < -0.3 is 15.1 Å². The molecular formula is C14H20N2O3. The van der Waals surface area contributed by atoms with Gasteiger partial charge in [0.05, 0.1) is 18.8 Å². The fourth-order valence-electron chi connectivity index (χ4n) is 2.36. The van der Waals surface area contributed by atoms with Gasteiger partial charge in [-0.2, -0.15) is 0 Å². The second kappa shape index (κ2) is 6.14. The quantitative estimate of drug-likeness (QED) is 0.808. The van der Waals surface area contributed by atoms with Crippen LogP contribution >= 0.6 is 0 Å². The van der Waals surface area contributed by atoms with Crippen molar-refractivity contribution < 1.29 is 15.0 Å². The molecule has 104 valence electrons. The second-order valence-corrected chi connectivity index (χ2v) is 4.80. The zero-order chi connectivity index (χ0) is 13.8. The highest BCUT2D eigenvalue weighted by molar-refractivity contribution is 5.94. The molecule has 2 N–H and O–H groups in total. The Morgan fingerprint density at radius 3 is 2.37 bits per heavy atom. The Balaban J connectivity index is 1.98. The predicted octanol–water partition coefficient (Wildman–Crippen LogP) is 0.0769. The van der Waals surface area contributed by atoms with E-state index in [0.717, 1.165) is 5.69 Å². The Hall–Kier alpha value is -1.43. The molecule has 2 rings (SSSR count). The molecule has 5 nitrogen and oxygen atoms in total. The lowest BCUT2D eigenvalue weighted by molar-refractivity contribution is -0.119. The summed E-state index contributed by atoms with van der Waals surface area (Å²) in [6.07, 6.45) is -1.50. The first-order valence-electron chi connectivity index (χ1n) is 6.55. The summed E-state index contributed by atoms with van der Waals surface area (Å²) in [7, 11) is 0.